The molecule has 0 fully saturated rings. The molecule has 0 unspecified atom stereocenters. The molecule has 0 radical (unpaired) electrons. The highest BCUT2D eigenvalue weighted by Gasteiger charge is 2.15. The normalized spacial score (nSPS) is 10.5. The Morgan fingerprint density at radius 2 is 2.04 bits per heavy atom. The monoisotopic (exact) mass is 441 g/mol. The number of nitrogens with one attached hydrogen (secondary N) is 1. The summed E-state index contributed by atoms with van der Waals surface area (Å²) in [4.78, 5) is 21.6. The van der Waals surface area contributed by atoms with E-state index < -0.39 is 22.3 Å². The lowest BCUT2D eigenvalue weighted by molar-refractivity contribution is -0.385. The maximum atomic E-state index is 11.6. The summed E-state index contributed by atoms with van der Waals surface area (Å²) in [5.74, 6) is -0.476. The van der Waals surface area contributed by atoms with Crippen molar-refractivity contribution in [2.24, 2.45) is 5.10 Å². The number of hydrazone groups is 1. The van der Waals surface area contributed by atoms with E-state index in [1.165, 1.54) is 18.2 Å². The van der Waals surface area contributed by atoms with Crippen LogP contribution >= 0.6 is 22.6 Å². The van der Waals surface area contributed by atoms with Gasteiger partial charge in [0.1, 0.15) is 5.75 Å². The number of benzene rings is 2. The highest BCUT2D eigenvalue weighted by molar-refractivity contribution is 14.1. The Kier molecular flexibility index (Phi) is 6.07. The number of phenols is 1. The number of halogens is 1. The number of rotatable bonds is 6. The van der Waals surface area contributed by atoms with Crippen molar-refractivity contribution < 1.29 is 19.6 Å². The molecule has 0 saturated heterocycles. The highest BCUT2D eigenvalue weighted by atomic mass is 127. The van der Waals surface area contributed by atoms with Crippen LogP contribution in [0.5, 0.6) is 11.5 Å². The number of ether oxygens (including phenoxy) is 1. The van der Waals surface area contributed by atoms with Crippen LogP contribution in [0.15, 0.2) is 47.6 Å². The molecule has 0 heterocycles. The smallest absolute Gasteiger partial charge is 0.311 e. The maximum Gasteiger partial charge on any atom is 0.311 e. The van der Waals surface area contributed by atoms with Crippen molar-refractivity contribution in [2.45, 2.75) is 0 Å². The van der Waals surface area contributed by atoms with Gasteiger partial charge in [0.05, 0.1) is 11.1 Å². The molecular formula is C15H12IN3O5. The number of nitro groups is 1. The first-order valence-corrected chi connectivity index (χ1v) is 7.72. The van der Waals surface area contributed by atoms with E-state index >= 15 is 0 Å². The van der Waals surface area contributed by atoms with Gasteiger partial charge in [0.15, 0.2) is 6.61 Å². The van der Waals surface area contributed by atoms with Crippen molar-refractivity contribution in [1.29, 1.82) is 0 Å². The minimum Gasteiger partial charge on any atom is -0.502 e. The number of nitrogens with zero attached hydrogens (tertiary/aromatic N) is 2. The Hall–Kier alpha value is -2.69. The summed E-state index contributed by atoms with van der Waals surface area (Å²) in [5, 5.41) is 24.1. The third-order valence-corrected chi connectivity index (χ3v) is 3.54. The minimum atomic E-state index is -0.708. The molecule has 0 aliphatic rings. The number of phenolic OH excluding ortho intramolecular Hbond substituents is 1. The van der Waals surface area contributed by atoms with E-state index in [2.05, 4.69) is 33.1 Å². The summed E-state index contributed by atoms with van der Waals surface area (Å²) >= 11 is 2.15. The van der Waals surface area contributed by atoms with Gasteiger partial charge in [-0.2, -0.15) is 5.10 Å². The third-order valence-electron chi connectivity index (χ3n) is 2.82. The lowest BCUT2D eigenvalue weighted by atomic mass is 10.2. The van der Waals surface area contributed by atoms with E-state index in [9.17, 15) is 20.0 Å². The number of aromatic hydroxyl groups is 1. The van der Waals surface area contributed by atoms with E-state index in [0.29, 0.717) is 5.75 Å². The molecule has 2 rings (SSSR count). The first-order valence-electron chi connectivity index (χ1n) is 6.64. The predicted octanol–water partition coefficient (Wildman–Crippen LogP) is 2.43. The number of nitro benzene ring substituents is 1. The molecule has 8 nitrogen and oxygen atoms in total. The number of hydrogen-bond acceptors (Lipinski definition) is 6. The fourth-order valence-corrected chi connectivity index (χ4v) is 2.05. The molecule has 24 heavy (non-hydrogen) atoms. The van der Waals surface area contributed by atoms with Crippen molar-refractivity contribution in [3.05, 3.63) is 61.7 Å². The third kappa shape index (κ3) is 4.91. The molecule has 124 valence electrons. The van der Waals surface area contributed by atoms with Gasteiger partial charge in [-0.3, -0.25) is 14.9 Å². The molecule has 2 aromatic carbocycles. The van der Waals surface area contributed by atoms with Gasteiger partial charge in [0, 0.05) is 15.2 Å². The van der Waals surface area contributed by atoms with Crippen LogP contribution in [0.4, 0.5) is 5.69 Å². The topological polar surface area (TPSA) is 114 Å². The summed E-state index contributed by atoms with van der Waals surface area (Å²) in [5.41, 5.74) is 1.89. The molecule has 2 aromatic rings. The van der Waals surface area contributed by atoms with Crippen LogP contribution in [0, 0.1) is 13.7 Å². The molecule has 0 spiro atoms. The molecule has 9 heteroatoms. The molecule has 0 aliphatic carbocycles. The fraction of sp³-hybridized carbons (Fsp3) is 0.0667. The standard InChI is InChI=1S/C15H12IN3O5/c16-11-4-6-12(7-5-11)24-9-14(20)18-17-8-10-2-1-3-13(15(10)21)19(22)23/h1-8,21H,9H2,(H,18,20)/b17-8+. The Bertz CT molecular complexity index is 777. The number of amides is 1. The van der Waals surface area contributed by atoms with Crippen LogP contribution in [-0.2, 0) is 4.79 Å². The van der Waals surface area contributed by atoms with Crippen molar-refractivity contribution in [2.75, 3.05) is 6.61 Å². The molecule has 0 bridgehead atoms. The van der Waals surface area contributed by atoms with Crippen molar-refractivity contribution in [1.82, 2.24) is 5.43 Å². The van der Waals surface area contributed by atoms with Crippen LogP contribution in [0.1, 0.15) is 5.56 Å². The average molecular weight is 441 g/mol. The number of carbonyl (C=O) groups excluding carboxylic acids is 1. The number of hydrogen-bond donors (Lipinski definition) is 2. The Labute approximate surface area is 150 Å². The van der Waals surface area contributed by atoms with Gasteiger partial charge < -0.3 is 9.84 Å². The van der Waals surface area contributed by atoms with Gasteiger partial charge >= 0.3 is 5.69 Å². The number of para-hydroxylation sites is 1. The van der Waals surface area contributed by atoms with E-state index in [-0.39, 0.29) is 12.2 Å². The number of carbonyl (C=O) groups is 1. The van der Waals surface area contributed by atoms with Crippen molar-refractivity contribution >= 4 is 40.4 Å². The Morgan fingerprint density at radius 3 is 2.71 bits per heavy atom. The largest absolute Gasteiger partial charge is 0.502 e. The first kappa shape index (κ1) is 17.7. The molecule has 0 saturated carbocycles. The molecule has 0 aliphatic heterocycles. The van der Waals surface area contributed by atoms with Crippen LogP contribution in [-0.4, -0.2) is 28.8 Å². The summed E-state index contributed by atoms with van der Waals surface area (Å²) in [6.07, 6.45) is 1.12. The second-order valence-corrected chi connectivity index (χ2v) is 5.75. The zero-order valence-electron chi connectivity index (χ0n) is 12.2. The summed E-state index contributed by atoms with van der Waals surface area (Å²) in [6, 6.07) is 11.2. The van der Waals surface area contributed by atoms with Crippen LogP contribution in [0.3, 0.4) is 0 Å². The molecule has 1 amide bonds. The van der Waals surface area contributed by atoms with Gasteiger partial charge in [0.25, 0.3) is 5.91 Å². The van der Waals surface area contributed by atoms with E-state index in [4.69, 9.17) is 4.74 Å². The molecule has 0 aromatic heterocycles. The van der Waals surface area contributed by atoms with Gasteiger partial charge in [-0.15, -0.1) is 0 Å². The summed E-state index contributed by atoms with van der Waals surface area (Å²) in [6.45, 7) is -0.237. The van der Waals surface area contributed by atoms with Crippen LogP contribution in [0.2, 0.25) is 0 Å². The molecular weight excluding hydrogens is 429 g/mol. The van der Waals surface area contributed by atoms with E-state index in [0.717, 1.165) is 9.78 Å². The molecule has 0 atom stereocenters. The lowest BCUT2D eigenvalue weighted by Gasteiger charge is -2.05. The van der Waals surface area contributed by atoms with E-state index in [1.807, 2.05) is 12.1 Å². The predicted molar refractivity (Wildman–Crippen MR) is 95.2 cm³/mol. The van der Waals surface area contributed by atoms with Crippen LogP contribution < -0.4 is 10.2 Å². The van der Waals surface area contributed by atoms with Gasteiger partial charge in [0.2, 0.25) is 5.75 Å². The quantitative estimate of drug-likeness (QED) is 0.310. The minimum absolute atomic E-state index is 0.114. The lowest BCUT2D eigenvalue weighted by Crippen LogP contribution is -2.24. The fourth-order valence-electron chi connectivity index (χ4n) is 1.69. The zero-order chi connectivity index (χ0) is 17.5. The second-order valence-electron chi connectivity index (χ2n) is 4.51. The maximum absolute atomic E-state index is 11.6. The van der Waals surface area contributed by atoms with Gasteiger partial charge in [-0.25, -0.2) is 5.43 Å². The molecule has 2 N–H and O–H groups in total. The summed E-state index contributed by atoms with van der Waals surface area (Å²) < 4.78 is 6.32. The summed E-state index contributed by atoms with van der Waals surface area (Å²) in [7, 11) is 0. The Balaban J connectivity index is 1.89. The van der Waals surface area contributed by atoms with E-state index in [1.54, 1.807) is 12.1 Å². The highest BCUT2D eigenvalue weighted by Crippen LogP contribution is 2.27. The zero-order valence-corrected chi connectivity index (χ0v) is 14.3. The van der Waals surface area contributed by atoms with Crippen LogP contribution in [0.25, 0.3) is 0 Å². The van der Waals surface area contributed by atoms with Crippen molar-refractivity contribution in [3.63, 3.8) is 0 Å². The van der Waals surface area contributed by atoms with Gasteiger partial charge in [-0.1, -0.05) is 6.07 Å². The van der Waals surface area contributed by atoms with Crippen molar-refractivity contribution in [3.8, 4) is 11.5 Å². The SMILES string of the molecule is O=C(COc1ccc(I)cc1)N/N=C/c1cccc([N+](=O)[O-])c1O. The van der Waals surface area contributed by atoms with Gasteiger partial charge in [-0.05, 0) is 52.9 Å². The Morgan fingerprint density at radius 1 is 1.33 bits per heavy atom. The first-order chi connectivity index (χ1) is 11.5. The average Bonchev–Trinajstić information content (AvgIpc) is 2.55. The second kappa shape index (κ2) is 8.24.